The van der Waals surface area contributed by atoms with Crippen molar-refractivity contribution in [2.45, 2.75) is 84.6 Å². The lowest BCUT2D eigenvalue weighted by Crippen LogP contribution is -2.32. The molecule has 2 amide bonds. The summed E-state index contributed by atoms with van der Waals surface area (Å²) in [6, 6.07) is 15.4. The number of rotatable bonds is 12. The van der Waals surface area contributed by atoms with Crippen molar-refractivity contribution in [3.63, 3.8) is 0 Å². The molecule has 2 aromatic rings. The Hall–Kier alpha value is -2.82. The SMILES string of the molecule is CCCCCCC(=O)N[C@@H](COC(=O)Nc1c(C(C)C)cccc1C(C)C)c1ccccc1. The fraction of sp³-hybridized carbons (Fsp3) is 0.500. The maximum absolute atomic E-state index is 12.8. The van der Waals surface area contributed by atoms with Crippen molar-refractivity contribution in [3.8, 4) is 0 Å². The number of benzene rings is 2. The van der Waals surface area contributed by atoms with E-state index in [2.05, 4.69) is 45.3 Å². The number of ether oxygens (including phenoxy) is 1. The van der Waals surface area contributed by atoms with E-state index in [0.717, 1.165) is 48.1 Å². The van der Waals surface area contributed by atoms with Crippen LogP contribution >= 0.6 is 0 Å². The van der Waals surface area contributed by atoms with Crippen LogP contribution in [0.25, 0.3) is 0 Å². The molecule has 0 aliphatic carbocycles. The molecule has 0 radical (unpaired) electrons. The maximum Gasteiger partial charge on any atom is 0.411 e. The molecule has 0 aliphatic heterocycles. The van der Waals surface area contributed by atoms with E-state index >= 15 is 0 Å². The number of unbranched alkanes of at least 4 members (excludes halogenated alkanes) is 3. The van der Waals surface area contributed by atoms with E-state index in [1.54, 1.807) is 0 Å². The number of carbonyl (C=O) groups excluding carboxylic acids is 2. The smallest absolute Gasteiger partial charge is 0.411 e. The van der Waals surface area contributed by atoms with Crippen LogP contribution in [-0.4, -0.2) is 18.6 Å². The lowest BCUT2D eigenvalue weighted by molar-refractivity contribution is -0.122. The van der Waals surface area contributed by atoms with Crippen LogP contribution in [-0.2, 0) is 9.53 Å². The monoisotopic (exact) mass is 452 g/mol. The first-order valence-electron chi connectivity index (χ1n) is 12.2. The molecule has 1 atom stereocenters. The Bertz CT molecular complexity index is 852. The highest BCUT2D eigenvalue weighted by Gasteiger charge is 2.19. The number of carbonyl (C=O) groups is 2. The summed E-state index contributed by atoms with van der Waals surface area (Å²) in [5.74, 6) is 0.516. The molecule has 0 saturated heterocycles. The van der Waals surface area contributed by atoms with Gasteiger partial charge in [-0.3, -0.25) is 10.1 Å². The van der Waals surface area contributed by atoms with Gasteiger partial charge in [0.1, 0.15) is 6.61 Å². The molecule has 5 heteroatoms. The molecule has 0 spiro atoms. The van der Waals surface area contributed by atoms with Crippen molar-refractivity contribution in [2.75, 3.05) is 11.9 Å². The third-order valence-electron chi connectivity index (χ3n) is 5.78. The molecule has 0 saturated carbocycles. The quantitative estimate of drug-likeness (QED) is 0.332. The molecular weight excluding hydrogens is 412 g/mol. The fourth-order valence-corrected chi connectivity index (χ4v) is 3.88. The number of nitrogens with one attached hydrogen (secondary N) is 2. The summed E-state index contributed by atoms with van der Waals surface area (Å²) < 4.78 is 5.61. The Morgan fingerprint density at radius 3 is 2.06 bits per heavy atom. The molecule has 2 aromatic carbocycles. The fourth-order valence-electron chi connectivity index (χ4n) is 3.88. The first-order valence-corrected chi connectivity index (χ1v) is 12.2. The zero-order valence-corrected chi connectivity index (χ0v) is 20.8. The summed E-state index contributed by atoms with van der Waals surface area (Å²) >= 11 is 0. The van der Waals surface area contributed by atoms with Gasteiger partial charge in [-0.2, -0.15) is 0 Å². The van der Waals surface area contributed by atoms with Crippen LogP contribution in [0, 0.1) is 0 Å². The Kier molecular flexibility index (Phi) is 10.9. The highest BCUT2D eigenvalue weighted by molar-refractivity contribution is 5.87. The average molecular weight is 453 g/mol. The van der Waals surface area contributed by atoms with E-state index in [0.29, 0.717) is 6.42 Å². The zero-order chi connectivity index (χ0) is 24.2. The third kappa shape index (κ3) is 8.56. The molecule has 0 unspecified atom stereocenters. The predicted molar refractivity (Wildman–Crippen MR) is 136 cm³/mol. The van der Waals surface area contributed by atoms with Gasteiger partial charge in [-0.25, -0.2) is 4.79 Å². The van der Waals surface area contributed by atoms with Gasteiger partial charge in [-0.05, 0) is 34.9 Å². The number of hydrogen-bond donors (Lipinski definition) is 2. The highest BCUT2D eigenvalue weighted by Crippen LogP contribution is 2.32. The molecule has 0 fully saturated rings. The molecule has 2 N–H and O–H groups in total. The van der Waals surface area contributed by atoms with Crippen molar-refractivity contribution in [1.82, 2.24) is 5.32 Å². The van der Waals surface area contributed by atoms with Crippen molar-refractivity contribution >= 4 is 17.7 Å². The van der Waals surface area contributed by atoms with Crippen molar-refractivity contribution < 1.29 is 14.3 Å². The van der Waals surface area contributed by atoms with Gasteiger partial charge in [0.2, 0.25) is 5.91 Å². The van der Waals surface area contributed by atoms with Gasteiger partial charge in [-0.1, -0.05) is 102 Å². The van der Waals surface area contributed by atoms with Gasteiger partial charge in [-0.15, -0.1) is 0 Å². The normalized spacial score (nSPS) is 12.0. The topological polar surface area (TPSA) is 67.4 Å². The summed E-state index contributed by atoms with van der Waals surface area (Å²) in [7, 11) is 0. The number of hydrogen-bond acceptors (Lipinski definition) is 3. The molecule has 33 heavy (non-hydrogen) atoms. The van der Waals surface area contributed by atoms with Gasteiger partial charge in [0.05, 0.1) is 11.7 Å². The Morgan fingerprint density at radius 2 is 1.48 bits per heavy atom. The minimum Gasteiger partial charge on any atom is -0.447 e. The summed E-state index contributed by atoms with van der Waals surface area (Å²) in [6.45, 7) is 10.7. The van der Waals surface area contributed by atoms with E-state index in [1.807, 2.05) is 48.5 Å². The predicted octanol–water partition coefficient (Wildman–Crippen LogP) is 7.31. The van der Waals surface area contributed by atoms with Gasteiger partial charge in [0.25, 0.3) is 0 Å². The molecule has 0 aliphatic rings. The van der Waals surface area contributed by atoms with Crippen LogP contribution in [0.5, 0.6) is 0 Å². The zero-order valence-electron chi connectivity index (χ0n) is 20.8. The van der Waals surface area contributed by atoms with Crippen LogP contribution in [0.2, 0.25) is 0 Å². The Morgan fingerprint density at radius 1 is 0.848 bits per heavy atom. The van der Waals surface area contributed by atoms with Crippen LogP contribution in [0.3, 0.4) is 0 Å². The molecule has 0 heterocycles. The first-order chi connectivity index (χ1) is 15.8. The average Bonchev–Trinajstić information content (AvgIpc) is 2.79. The summed E-state index contributed by atoms with van der Waals surface area (Å²) in [4.78, 5) is 25.3. The molecule has 0 aromatic heterocycles. The second kappa shape index (κ2) is 13.7. The van der Waals surface area contributed by atoms with E-state index in [4.69, 9.17) is 4.74 Å². The minimum absolute atomic E-state index is 0.0174. The van der Waals surface area contributed by atoms with Crippen molar-refractivity contribution in [3.05, 3.63) is 65.2 Å². The van der Waals surface area contributed by atoms with Gasteiger partial charge in [0.15, 0.2) is 0 Å². The molecule has 2 rings (SSSR count). The summed E-state index contributed by atoms with van der Waals surface area (Å²) in [5.41, 5.74) is 3.90. The van der Waals surface area contributed by atoms with Crippen molar-refractivity contribution in [2.24, 2.45) is 0 Å². The lowest BCUT2D eigenvalue weighted by atomic mass is 9.93. The van der Waals surface area contributed by atoms with Gasteiger partial charge in [0, 0.05) is 6.42 Å². The largest absolute Gasteiger partial charge is 0.447 e. The number of para-hydroxylation sites is 1. The first kappa shape index (κ1) is 26.4. The summed E-state index contributed by atoms with van der Waals surface area (Å²) in [5, 5.41) is 6.02. The Balaban J connectivity index is 2.07. The van der Waals surface area contributed by atoms with E-state index in [1.165, 1.54) is 0 Å². The molecule has 180 valence electrons. The van der Waals surface area contributed by atoms with Crippen LogP contribution in [0.15, 0.2) is 48.5 Å². The molecule has 0 bridgehead atoms. The molecule has 5 nitrogen and oxygen atoms in total. The summed E-state index contributed by atoms with van der Waals surface area (Å²) in [6.07, 6.45) is 4.15. The molecular formula is C28H40N2O3. The van der Waals surface area contributed by atoms with E-state index in [-0.39, 0.29) is 30.4 Å². The lowest BCUT2D eigenvalue weighted by Gasteiger charge is -2.22. The third-order valence-corrected chi connectivity index (χ3v) is 5.78. The maximum atomic E-state index is 12.8. The van der Waals surface area contributed by atoms with E-state index in [9.17, 15) is 9.59 Å². The van der Waals surface area contributed by atoms with Gasteiger partial charge >= 0.3 is 6.09 Å². The van der Waals surface area contributed by atoms with Crippen LogP contribution in [0.1, 0.15) is 101 Å². The standard InChI is InChI=1S/C28H40N2O3/c1-6-7-8-12-18-26(31)29-25(22-14-10-9-11-15-22)19-33-28(32)30-27-23(20(2)3)16-13-17-24(27)21(4)5/h9-11,13-17,20-21,25H,6-8,12,18-19H2,1-5H3,(H,29,31)(H,30,32)/t25-/m0/s1. The Labute approximate surface area is 199 Å². The van der Waals surface area contributed by atoms with E-state index < -0.39 is 6.09 Å². The second-order valence-electron chi connectivity index (χ2n) is 9.19. The second-order valence-corrected chi connectivity index (χ2v) is 9.19. The highest BCUT2D eigenvalue weighted by atomic mass is 16.5. The number of anilines is 1. The van der Waals surface area contributed by atoms with Crippen molar-refractivity contribution in [1.29, 1.82) is 0 Å². The van der Waals surface area contributed by atoms with Gasteiger partial charge < -0.3 is 10.1 Å². The van der Waals surface area contributed by atoms with Crippen LogP contribution in [0.4, 0.5) is 10.5 Å². The number of amides is 2. The minimum atomic E-state index is -0.511. The van der Waals surface area contributed by atoms with Crippen LogP contribution < -0.4 is 10.6 Å².